The molecule has 0 bridgehead atoms. The zero-order valence-electron chi connectivity index (χ0n) is 5.88. The van der Waals surface area contributed by atoms with Crippen molar-refractivity contribution in [2.45, 2.75) is 0 Å². The molecule has 0 saturated carbocycles. The van der Waals surface area contributed by atoms with Gasteiger partial charge in [-0.15, -0.1) is 21.5 Å². The van der Waals surface area contributed by atoms with Gasteiger partial charge in [-0.1, -0.05) is 0 Å². The standard InChI is InChI=1S/C6H3N5S/c1-2-12-6-7-5-4(3-11(1)6)8-10-9-5/h1-3H. The quantitative estimate of drug-likeness (QED) is 0.507. The van der Waals surface area contributed by atoms with Crippen LogP contribution in [0, 0.1) is 0 Å². The summed E-state index contributed by atoms with van der Waals surface area (Å²) in [7, 11) is 0. The van der Waals surface area contributed by atoms with E-state index in [1.807, 2.05) is 22.2 Å². The van der Waals surface area contributed by atoms with Gasteiger partial charge < -0.3 is 0 Å². The van der Waals surface area contributed by atoms with Crippen molar-refractivity contribution in [3.63, 3.8) is 0 Å². The van der Waals surface area contributed by atoms with Crippen LogP contribution >= 0.6 is 11.3 Å². The molecule has 0 saturated heterocycles. The maximum Gasteiger partial charge on any atom is 0.208 e. The Kier molecular flexibility index (Phi) is 0.991. The molecular formula is C6H3N5S. The molecule has 58 valence electrons. The third kappa shape index (κ3) is 0.668. The summed E-state index contributed by atoms with van der Waals surface area (Å²) < 4.78 is 1.91. The Hall–Kier alpha value is -1.56. The van der Waals surface area contributed by atoms with Crippen LogP contribution in [-0.4, -0.2) is 24.8 Å². The number of fused-ring (bicyclic) bond motifs is 2. The van der Waals surface area contributed by atoms with E-state index in [4.69, 9.17) is 0 Å². The molecule has 0 atom stereocenters. The van der Waals surface area contributed by atoms with Gasteiger partial charge in [-0.05, 0) is 5.21 Å². The minimum Gasteiger partial charge on any atom is -0.297 e. The number of hydrogen-bond acceptors (Lipinski definition) is 5. The second kappa shape index (κ2) is 1.98. The Balaban J connectivity index is 2.56. The van der Waals surface area contributed by atoms with Crippen molar-refractivity contribution in [2.75, 3.05) is 0 Å². The first-order chi connectivity index (χ1) is 5.93. The van der Waals surface area contributed by atoms with E-state index in [0.717, 1.165) is 10.7 Å². The van der Waals surface area contributed by atoms with Crippen LogP contribution in [0.5, 0.6) is 0 Å². The summed E-state index contributed by atoms with van der Waals surface area (Å²) in [6.07, 6.45) is 3.80. The van der Waals surface area contributed by atoms with Crippen LogP contribution in [0.1, 0.15) is 0 Å². The summed E-state index contributed by atoms with van der Waals surface area (Å²) in [5.74, 6) is 0.609. The first-order valence-electron chi connectivity index (χ1n) is 3.35. The molecule has 0 amide bonds. The fraction of sp³-hybridized carbons (Fsp3) is 0. The highest BCUT2D eigenvalue weighted by molar-refractivity contribution is 7.15. The molecule has 12 heavy (non-hydrogen) atoms. The van der Waals surface area contributed by atoms with Gasteiger partial charge in [0.25, 0.3) is 0 Å². The van der Waals surface area contributed by atoms with E-state index < -0.39 is 0 Å². The fourth-order valence-corrected chi connectivity index (χ4v) is 1.75. The van der Waals surface area contributed by atoms with Gasteiger partial charge in [0.1, 0.15) is 0 Å². The lowest BCUT2D eigenvalue weighted by Crippen LogP contribution is -1.90. The second-order valence-electron chi connectivity index (χ2n) is 2.33. The number of thiazole rings is 1. The van der Waals surface area contributed by atoms with Crippen LogP contribution in [0.4, 0.5) is 0 Å². The zero-order valence-corrected chi connectivity index (χ0v) is 6.69. The van der Waals surface area contributed by atoms with Crippen molar-refractivity contribution in [3.05, 3.63) is 17.8 Å². The Morgan fingerprint density at radius 2 is 2.33 bits per heavy atom. The lowest BCUT2D eigenvalue weighted by molar-refractivity contribution is 0.948. The number of nitrogens with zero attached hydrogens (tertiary/aromatic N) is 5. The smallest absolute Gasteiger partial charge is 0.208 e. The molecule has 0 fully saturated rings. The average molecular weight is 177 g/mol. The van der Waals surface area contributed by atoms with Gasteiger partial charge in [-0.3, -0.25) is 4.40 Å². The fourth-order valence-electron chi connectivity index (χ4n) is 1.06. The van der Waals surface area contributed by atoms with Crippen molar-refractivity contribution in [2.24, 2.45) is 0 Å². The topological polar surface area (TPSA) is 56.0 Å². The molecule has 1 aromatic heterocycles. The maximum absolute atomic E-state index is 4.24. The zero-order chi connectivity index (χ0) is 7.97. The number of rotatable bonds is 0. The average Bonchev–Trinajstić information content (AvgIpc) is 2.64. The van der Waals surface area contributed by atoms with Crippen molar-refractivity contribution in [1.29, 1.82) is 0 Å². The van der Waals surface area contributed by atoms with Crippen LogP contribution in [0.15, 0.2) is 17.8 Å². The maximum atomic E-state index is 4.24. The van der Waals surface area contributed by atoms with Gasteiger partial charge in [-0.2, -0.15) is 4.98 Å². The van der Waals surface area contributed by atoms with E-state index in [9.17, 15) is 0 Å². The van der Waals surface area contributed by atoms with E-state index in [2.05, 4.69) is 20.4 Å². The summed E-state index contributed by atoms with van der Waals surface area (Å²) in [5, 5.41) is 13.1. The Bertz CT molecular complexity index is 456. The summed E-state index contributed by atoms with van der Waals surface area (Å²) in [6, 6.07) is 0. The van der Waals surface area contributed by atoms with E-state index in [1.165, 1.54) is 0 Å². The molecule has 0 aliphatic carbocycles. The Morgan fingerprint density at radius 3 is 3.33 bits per heavy atom. The molecule has 5 nitrogen and oxygen atoms in total. The largest absolute Gasteiger partial charge is 0.297 e. The predicted octanol–water partition coefficient (Wildman–Crippen LogP) is 0.686. The van der Waals surface area contributed by atoms with Crippen LogP contribution in [0.3, 0.4) is 0 Å². The molecule has 6 heteroatoms. The molecule has 0 spiro atoms. The summed E-state index contributed by atoms with van der Waals surface area (Å²) in [6.45, 7) is 0. The van der Waals surface area contributed by atoms with Gasteiger partial charge in [0.15, 0.2) is 10.7 Å². The lowest BCUT2D eigenvalue weighted by Gasteiger charge is -1.93. The molecule has 1 aromatic rings. The van der Waals surface area contributed by atoms with Crippen LogP contribution in [0.25, 0.3) is 16.5 Å². The summed E-state index contributed by atoms with van der Waals surface area (Å²) in [4.78, 5) is 5.15. The third-order valence-corrected chi connectivity index (χ3v) is 2.37. The Labute approximate surface area is 71.0 Å². The Morgan fingerprint density at radius 1 is 1.33 bits per heavy atom. The van der Waals surface area contributed by atoms with Crippen LogP contribution in [0.2, 0.25) is 0 Å². The van der Waals surface area contributed by atoms with Crippen molar-refractivity contribution in [3.8, 4) is 11.5 Å². The number of hydrogen-bond donors (Lipinski definition) is 0. The minimum atomic E-state index is 0.609. The highest BCUT2D eigenvalue weighted by Gasteiger charge is 2.09. The van der Waals surface area contributed by atoms with E-state index in [-0.39, 0.29) is 0 Å². The highest BCUT2D eigenvalue weighted by Crippen LogP contribution is 2.16. The molecule has 2 aliphatic rings. The molecule has 0 N–H and O–H groups in total. The van der Waals surface area contributed by atoms with Crippen molar-refractivity contribution in [1.82, 2.24) is 24.8 Å². The van der Waals surface area contributed by atoms with Crippen LogP contribution < -0.4 is 0 Å². The van der Waals surface area contributed by atoms with E-state index >= 15 is 0 Å². The molecular weight excluding hydrogens is 174 g/mol. The van der Waals surface area contributed by atoms with Gasteiger partial charge in [0.2, 0.25) is 5.82 Å². The van der Waals surface area contributed by atoms with Gasteiger partial charge in [0, 0.05) is 17.8 Å². The molecule has 3 rings (SSSR count). The molecule has 0 radical (unpaired) electrons. The first kappa shape index (κ1) is 6.01. The molecule has 2 aliphatic heterocycles. The minimum absolute atomic E-state index is 0.609. The third-order valence-electron chi connectivity index (χ3n) is 1.60. The second-order valence-corrected chi connectivity index (χ2v) is 3.21. The van der Waals surface area contributed by atoms with Crippen LogP contribution in [-0.2, 0) is 0 Å². The van der Waals surface area contributed by atoms with Gasteiger partial charge >= 0.3 is 0 Å². The number of aromatic nitrogens is 5. The summed E-state index contributed by atoms with van der Waals surface area (Å²) >= 11 is 1.56. The summed E-state index contributed by atoms with van der Waals surface area (Å²) in [5.41, 5.74) is 0.728. The van der Waals surface area contributed by atoms with E-state index in [1.54, 1.807) is 11.3 Å². The molecule has 0 aromatic carbocycles. The molecule has 0 unspecified atom stereocenters. The lowest BCUT2D eigenvalue weighted by atomic mass is 10.4. The van der Waals surface area contributed by atoms with E-state index in [0.29, 0.717) is 5.82 Å². The van der Waals surface area contributed by atoms with Crippen molar-refractivity contribution >= 4 is 16.3 Å². The monoisotopic (exact) mass is 177 g/mol. The van der Waals surface area contributed by atoms with Crippen molar-refractivity contribution < 1.29 is 0 Å². The normalized spacial score (nSPS) is 11.3. The first-order valence-corrected chi connectivity index (χ1v) is 4.23. The highest BCUT2D eigenvalue weighted by atomic mass is 32.1. The SMILES string of the molecule is c1cn2cc3nnnc-3nc2s1. The van der Waals surface area contributed by atoms with Gasteiger partial charge in [-0.25, -0.2) is 0 Å². The molecule has 3 heterocycles. The van der Waals surface area contributed by atoms with Gasteiger partial charge in [0.05, 0.1) is 0 Å². The predicted molar refractivity (Wildman–Crippen MR) is 43.1 cm³/mol.